The summed E-state index contributed by atoms with van der Waals surface area (Å²) >= 11 is 0. The van der Waals surface area contributed by atoms with Gasteiger partial charge in [-0.2, -0.15) is 0 Å². The van der Waals surface area contributed by atoms with Crippen LogP contribution in [0.5, 0.6) is 0 Å². The zero-order valence-electron chi connectivity index (χ0n) is 7.92. The van der Waals surface area contributed by atoms with Gasteiger partial charge in [-0.3, -0.25) is 0 Å². The first-order valence-corrected chi connectivity index (χ1v) is 4.39. The maximum atomic E-state index is 5.57. The van der Waals surface area contributed by atoms with Gasteiger partial charge in [-0.15, -0.1) is 0 Å². The fraction of sp³-hybridized carbons (Fsp3) is 1.00. The van der Waals surface area contributed by atoms with Crippen molar-refractivity contribution in [2.75, 3.05) is 19.8 Å². The largest absolute Gasteiger partial charge is 0.364 e. The van der Waals surface area contributed by atoms with Crippen LogP contribution in [-0.2, 0) is 14.2 Å². The highest BCUT2D eigenvalue weighted by atomic mass is 16.7. The molecule has 0 aliphatic carbocycles. The van der Waals surface area contributed by atoms with Crippen LogP contribution < -0.4 is 0 Å². The Hall–Kier alpha value is -0.120. The molecule has 2 rings (SSSR count). The molecular formula is C9H16O3. The third-order valence-corrected chi connectivity index (χ3v) is 2.35. The van der Waals surface area contributed by atoms with Crippen molar-refractivity contribution in [3.8, 4) is 0 Å². The number of hydrogen-bond acceptors (Lipinski definition) is 3. The van der Waals surface area contributed by atoms with Gasteiger partial charge in [-0.1, -0.05) is 13.8 Å². The van der Waals surface area contributed by atoms with E-state index in [1.54, 1.807) is 0 Å². The zero-order chi connectivity index (χ0) is 8.82. The van der Waals surface area contributed by atoms with Gasteiger partial charge in [-0.05, 0) is 6.92 Å². The van der Waals surface area contributed by atoms with Crippen molar-refractivity contribution in [1.82, 2.24) is 0 Å². The molecule has 2 fully saturated rings. The highest BCUT2D eigenvalue weighted by molar-refractivity contribution is 4.92. The van der Waals surface area contributed by atoms with Crippen LogP contribution in [0.25, 0.3) is 0 Å². The predicted molar refractivity (Wildman–Crippen MR) is 43.8 cm³/mol. The van der Waals surface area contributed by atoms with Gasteiger partial charge in [0.1, 0.15) is 5.60 Å². The molecule has 0 bridgehead atoms. The van der Waals surface area contributed by atoms with Crippen LogP contribution in [0, 0.1) is 5.41 Å². The van der Waals surface area contributed by atoms with Crippen LogP contribution in [0.3, 0.4) is 0 Å². The second kappa shape index (κ2) is 2.44. The van der Waals surface area contributed by atoms with E-state index < -0.39 is 0 Å². The Morgan fingerprint density at radius 3 is 1.92 bits per heavy atom. The molecule has 2 saturated heterocycles. The van der Waals surface area contributed by atoms with Crippen LogP contribution in [0.15, 0.2) is 0 Å². The van der Waals surface area contributed by atoms with Gasteiger partial charge in [0, 0.05) is 5.41 Å². The summed E-state index contributed by atoms with van der Waals surface area (Å²) in [5, 5.41) is 0. The summed E-state index contributed by atoms with van der Waals surface area (Å²) < 4.78 is 16.4. The summed E-state index contributed by atoms with van der Waals surface area (Å²) in [6.07, 6.45) is -0.148. The molecular weight excluding hydrogens is 156 g/mol. The fourth-order valence-corrected chi connectivity index (χ4v) is 1.29. The van der Waals surface area contributed by atoms with Gasteiger partial charge < -0.3 is 14.2 Å². The minimum atomic E-state index is -0.156. The standard InChI is InChI=1S/C9H16O3/c1-8(2)4-10-7(11-5-8)9(3)6-12-9/h7H,4-6H2,1-3H3/t9-/m1/s1. The van der Waals surface area contributed by atoms with E-state index >= 15 is 0 Å². The summed E-state index contributed by atoms with van der Waals surface area (Å²) in [6, 6.07) is 0. The number of hydrogen-bond donors (Lipinski definition) is 0. The molecule has 3 heteroatoms. The summed E-state index contributed by atoms with van der Waals surface area (Å²) in [7, 11) is 0. The molecule has 2 aliphatic rings. The van der Waals surface area contributed by atoms with E-state index in [1.165, 1.54) is 0 Å². The molecule has 0 saturated carbocycles. The van der Waals surface area contributed by atoms with Crippen molar-refractivity contribution >= 4 is 0 Å². The van der Waals surface area contributed by atoms with E-state index in [1.807, 2.05) is 6.92 Å². The van der Waals surface area contributed by atoms with Gasteiger partial charge in [0.05, 0.1) is 19.8 Å². The Kier molecular flexibility index (Phi) is 1.72. The molecule has 0 N–H and O–H groups in total. The molecule has 70 valence electrons. The summed E-state index contributed by atoms with van der Waals surface area (Å²) in [5.41, 5.74) is -0.00174. The van der Waals surface area contributed by atoms with Crippen LogP contribution >= 0.6 is 0 Å². The molecule has 0 aromatic rings. The predicted octanol–water partition coefficient (Wildman–Crippen LogP) is 1.17. The third kappa shape index (κ3) is 1.49. The van der Waals surface area contributed by atoms with E-state index in [0.29, 0.717) is 0 Å². The number of ether oxygens (including phenoxy) is 3. The quantitative estimate of drug-likeness (QED) is 0.556. The summed E-state index contributed by atoms with van der Waals surface area (Å²) in [4.78, 5) is 0. The lowest BCUT2D eigenvalue weighted by molar-refractivity contribution is -0.244. The van der Waals surface area contributed by atoms with Crippen LogP contribution in [0.1, 0.15) is 20.8 Å². The topological polar surface area (TPSA) is 31.0 Å². The summed E-state index contributed by atoms with van der Waals surface area (Å²) in [6.45, 7) is 8.58. The second-order valence-corrected chi connectivity index (χ2v) is 4.72. The highest BCUT2D eigenvalue weighted by Crippen LogP contribution is 2.36. The Bertz CT molecular complexity index is 174. The molecule has 2 aliphatic heterocycles. The van der Waals surface area contributed by atoms with Crippen molar-refractivity contribution < 1.29 is 14.2 Å². The molecule has 3 nitrogen and oxygen atoms in total. The minimum Gasteiger partial charge on any atom is -0.364 e. The molecule has 0 aromatic carbocycles. The molecule has 0 spiro atoms. The smallest absolute Gasteiger partial charge is 0.188 e. The number of epoxide rings is 1. The fourth-order valence-electron chi connectivity index (χ4n) is 1.29. The molecule has 12 heavy (non-hydrogen) atoms. The van der Waals surface area contributed by atoms with Crippen LogP contribution in [-0.4, -0.2) is 31.7 Å². The lowest BCUT2D eigenvalue weighted by atomic mass is 9.95. The van der Waals surface area contributed by atoms with Gasteiger partial charge >= 0.3 is 0 Å². The lowest BCUT2D eigenvalue weighted by Crippen LogP contribution is -2.44. The number of rotatable bonds is 1. The lowest BCUT2D eigenvalue weighted by Gasteiger charge is -2.36. The molecule has 0 unspecified atom stereocenters. The Morgan fingerprint density at radius 2 is 1.50 bits per heavy atom. The second-order valence-electron chi connectivity index (χ2n) is 4.72. The first kappa shape index (κ1) is 8.48. The van der Waals surface area contributed by atoms with Crippen LogP contribution in [0.2, 0.25) is 0 Å². The first-order valence-electron chi connectivity index (χ1n) is 4.39. The Labute approximate surface area is 73.0 Å². The van der Waals surface area contributed by atoms with E-state index in [-0.39, 0.29) is 17.3 Å². The van der Waals surface area contributed by atoms with Crippen molar-refractivity contribution in [3.63, 3.8) is 0 Å². The zero-order valence-corrected chi connectivity index (χ0v) is 7.92. The maximum absolute atomic E-state index is 5.57. The Balaban J connectivity index is 1.90. The molecule has 1 atom stereocenters. The minimum absolute atomic E-state index is 0.148. The average molecular weight is 172 g/mol. The van der Waals surface area contributed by atoms with Crippen LogP contribution in [0.4, 0.5) is 0 Å². The van der Waals surface area contributed by atoms with Gasteiger partial charge in [0.25, 0.3) is 0 Å². The maximum Gasteiger partial charge on any atom is 0.188 e. The average Bonchev–Trinajstić information content (AvgIpc) is 2.68. The van der Waals surface area contributed by atoms with E-state index in [9.17, 15) is 0 Å². The first-order chi connectivity index (χ1) is 5.52. The third-order valence-electron chi connectivity index (χ3n) is 2.35. The van der Waals surface area contributed by atoms with Gasteiger partial charge in [-0.25, -0.2) is 0 Å². The van der Waals surface area contributed by atoms with Crippen molar-refractivity contribution in [3.05, 3.63) is 0 Å². The van der Waals surface area contributed by atoms with Crippen molar-refractivity contribution in [1.29, 1.82) is 0 Å². The highest BCUT2D eigenvalue weighted by Gasteiger charge is 2.51. The monoisotopic (exact) mass is 172 g/mol. The van der Waals surface area contributed by atoms with Crippen molar-refractivity contribution in [2.24, 2.45) is 5.41 Å². The van der Waals surface area contributed by atoms with Gasteiger partial charge in [0.15, 0.2) is 6.29 Å². The molecule has 0 aromatic heterocycles. The molecule has 2 heterocycles. The van der Waals surface area contributed by atoms with Gasteiger partial charge in [0.2, 0.25) is 0 Å². The Morgan fingerprint density at radius 1 is 1.00 bits per heavy atom. The van der Waals surface area contributed by atoms with Crippen molar-refractivity contribution in [2.45, 2.75) is 32.7 Å². The van der Waals surface area contributed by atoms with E-state index in [0.717, 1.165) is 19.8 Å². The summed E-state index contributed by atoms with van der Waals surface area (Å²) in [5.74, 6) is 0. The normalized spacial score (nSPS) is 41.2. The molecule has 0 radical (unpaired) electrons. The SMILES string of the molecule is CC1(C)COC([C@@]2(C)CO2)OC1. The van der Waals surface area contributed by atoms with E-state index in [4.69, 9.17) is 14.2 Å². The molecule has 0 amide bonds. The van der Waals surface area contributed by atoms with E-state index in [2.05, 4.69) is 13.8 Å².